The molecule has 6 nitrogen and oxygen atoms in total. The van der Waals surface area contributed by atoms with Crippen molar-refractivity contribution in [3.05, 3.63) is 77.0 Å². The number of rotatable bonds is 6. The zero-order valence-electron chi connectivity index (χ0n) is 16.5. The second-order valence-electron chi connectivity index (χ2n) is 6.89. The third-order valence-electron chi connectivity index (χ3n) is 4.91. The number of carbonyl (C=O) groups excluding carboxylic acids is 1. The Balaban J connectivity index is 1.39. The molecule has 148 valence electrons. The van der Waals surface area contributed by atoms with Crippen LogP contribution >= 0.6 is 0 Å². The Morgan fingerprint density at radius 3 is 2.76 bits per heavy atom. The molecule has 2 heterocycles. The van der Waals surface area contributed by atoms with Gasteiger partial charge in [-0.2, -0.15) is 0 Å². The highest BCUT2D eigenvalue weighted by molar-refractivity contribution is 6.05. The smallest absolute Gasteiger partial charge is 0.257 e. The van der Waals surface area contributed by atoms with E-state index < -0.39 is 0 Å². The van der Waals surface area contributed by atoms with Crippen LogP contribution in [0, 0.1) is 6.92 Å². The lowest BCUT2D eigenvalue weighted by Crippen LogP contribution is -2.14. The Morgan fingerprint density at radius 2 is 1.97 bits per heavy atom. The highest BCUT2D eigenvalue weighted by atomic mass is 16.7. The monoisotopic (exact) mass is 389 g/mol. The van der Waals surface area contributed by atoms with Gasteiger partial charge in [0.25, 0.3) is 5.91 Å². The molecule has 0 saturated heterocycles. The Morgan fingerprint density at radius 1 is 1.10 bits per heavy atom. The van der Waals surface area contributed by atoms with Crippen molar-refractivity contribution in [3.8, 4) is 11.5 Å². The van der Waals surface area contributed by atoms with Crippen molar-refractivity contribution in [1.82, 2.24) is 4.98 Å². The minimum atomic E-state index is -0.163. The van der Waals surface area contributed by atoms with Crippen LogP contribution in [0.4, 0.5) is 11.5 Å². The predicted octanol–water partition coefficient (Wildman–Crippen LogP) is 4.55. The van der Waals surface area contributed by atoms with E-state index >= 15 is 0 Å². The summed E-state index contributed by atoms with van der Waals surface area (Å²) in [6.07, 6.45) is 2.44. The first kappa shape index (κ1) is 18.8. The van der Waals surface area contributed by atoms with E-state index in [1.54, 1.807) is 18.3 Å². The average Bonchev–Trinajstić information content (AvgIpc) is 3.22. The fourth-order valence-corrected chi connectivity index (χ4v) is 3.26. The van der Waals surface area contributed by atoms with Crippen molar-refractivity contribution in [1.29, 1.82) is 0 Å². The molecule has 0 unspecified atom stereocenters. The fourth-order valence-electron chi connectivity index (χ4n) is 3.26. The van der Waals surface area contributed by atoms with E-state index in [4.69, 9.17) is 9.47 Å². The second kappa shape index (κ2) is 8.22. The molecule has 0 spiro atoms. The van der Waals surface area contributed by atoms with Crippen LogP contribution < -0.4 is 20.1 Å². The number of para-hydroxylation sites is 1. The summed E-state index contributed by atoms with van der Waals surface area (Å²) in [5.74, 6) is 2.06. The molecule has 3 aromatic rings. The number of amides is 1. The van der Waals surface area contributed by atoms with Gasteiger partial charge >= 0.3 is 0 Å². The van der Waals surface area contributed by atoms with Crippen LogP contribution in [0.25, 0.3) is 0 Å². The molecule has 2 N–H and O–H groups in total. The van der Waals surface area contributed by atoms with Crippen molar-refractivity contribution >= 4 is 17.4 Å². The molecule has 0 bridgehead atoms. The molecular weight excluding hydrogens is 366 g/mol. The van der Waals surface area contributed by atoms with Crippen LogP contribution in [0.3, 0.4) is 0 Å². The Kier molecular flexibility index (Phi) is 5.33. The first-order valence-corrected chi connectivity index (χ1v) is 9.62. The van der Waals surface area contributed by atoms with E-state index in [9.17, 15) is 4.79 Å². The van der Waals surface area contributed by atoms with Gasteiger partial charge in [-0.25, -0.2) is 4.98 Å². The molecule has 0 fully saturated rings. The van der Waals surface area contributed by atoms with E-state index in [0.717, 1.165) is 40.3 Å². The maximum Gasteiger partial charge on any atom is 0.257 e. The number of ether oxygens (including phenoxy) is 2. The number of nitrogens with one attached hydrogen (secondary N) is 2. The largest absolute Gasteiger partial charge is 0.454 e. The number of anilines is 2. The van der Waals surface area contributed by atoms with Crippen molar-refractivity contribution in [2.45, 2.75) is 26.8 Å². The number of aromatic nitrogens is 1. The van der Waals surface area contributed by atoms with Crippen LogP contribution in [0.2, 0.25) is 0 Å². The summed E-state index contributed by atoms with van der Waals surface area (Å²) in [6.45, 7) is 4.93. The van der Waals surface area contributed by atoms with Crippen LogP contribution in [0.1, 0.15) is 34.0 Å². The van der Waals surface area contributed by atoms with E-state index in [-0.39, 0.29) is 12.7 Å². The first-order valence-electron chi connectivity index (χ1n) is 9.62. The molecule has 1 aromatic heterocycles. The van der Waals surface area contributed by atoms with Crippen LogP contribution in [0.5, 0.6) is 11.5 Å². The number of pyridine rings is 1. The molecule has 29 heavy (non-hydrogen) atoms. The molecular formula is C23H23N3O3. The van der Waals surface area contributed by atoms with Gasteiger partial charge in [0.1, 0.15) is 5.82 Å². The summed E-state index contributed by atoms with van der Waals surface area (Å²) in [4.78, 5) is 17.0. The number of hydrogen-bond acceptors (Lipinski definition) is 5. The van der Waals surface area contributed by atoms with E-state index in [1.807, 2.05) is 43.3 Å². The number of nitrogens with zero attached hydrogens (tertiary/aromatic N) is 1. The highest BCUT2D eigenvalue weighted by Crippen LogP contribution is 2.32. The van der Waals surface area contributed by atoms with Gasteiger partial charge in [-0.1, -0.05) is 31.2 Å². The van der Waals surface area contributed by atoms with Gasteiger partial charge in [0.15, 0.2) is 11.5 Å². The molecule has 0 aliphatic carbocycles. The maximum absolute atomic E-state index is 12.6. The third kappa shape index (κ3) is 4.16. The Bertz CT molecular complexity index is 1030. The third-order valence-corrected chi connectivity index (χ3v) is 4.91. The lowest BCUT2D eigenvalue weighted by molar-refractivity contribution is 0.102. The predicted molar refractivity (Wildman–Crippen MR) is 113 cm³/mol. The summed E-state index contributed by atoms with van der Waals surface area (Å²) in [7, 11) is 0. The summed E-state index contributed by atoms with van der Waals surface area (Å²) in [5, 5.41) is 6.28. The minimum absolute atomic E-state index is 0.163. The summed E-state index contributed by atoms with van der Waals surface area (Å²) in [5.41, 5.74) is 4.62. The molecule has 6 heteroatoms. The van der Waals surface area contributed by atoms with Crippen LogP contribution in [0.15, 0.2) is 54.7 Å². The van der Waals surface area contributed by atoms with E-state index in [2.05, 4.69) is 22.5 Å². The average molecular weight is 389 g/mol. The normalized spacial score (nSPS) is 11.9. The van der Waals surface area contributed by atoms with Gasteiger partial charge in [-0.3, -0.25) is 4.79 Å². The van der Waals surface area contributed by atoms with Gasteiger partial charge in [0, 0.05) is 18.4 Å². The van der Waals surface area contributed by atoms with Crippen LogP contribution in [-0.4, -0.2) is 17.7 Å². The van der Waals surface area contributed by atoms with Gasteiger partial charge in [0.2, 0.25) is 6.79 Å². The lowest BCUT2D eigenvalue weighted by Gasteiger charge is -2.13. The summed E-state index contributed by atoms with van der Waals surface area (Å²) >= 11 is 0. The quantitative estimate of drug-likeness (QED) is 0.647. The van der Waals surface area contributed by atoms with Crippen molar-refractivity contribution in [3.63, 3.8) is 0 Å². The molecule has 1 amide bonds. The summed E-state index contributed by atoms with van der Waals surface area (Å²) < 4.78 is 10.7. The first-order chi connectivity index (χ1) is 14.1. The number of benzene rings is 2. The van der Waals surface area contributed by atoms with Gasteiger partial charge < -0.3 is 20.1 Å². The van der Waals surface area contributed by atoms with Crippen molar-refractivity contribution in [2.24, 2.45) is 0 Å². The lowest BCUT2D eigenvalue weighted by atomic mass is 10.1. The molecule has 0 radical (unpaired) electrons. The number of carbonyl (C=O) groups is 1. The summed E-state index contributed by atoms with van der Waals surface area (Å²) in [6, 6.07) is 15.4. The molecule has 4 rings (SSSR count). The molecule has 1 aliphatic heterocycles. The number of hydrogen-bond donors (Lipinski definition) is 2. The van der Waals surface area contributed by atoms with Crippen molar-refractivity contribution in [2.75, 3.05) is 17.4 Å². The SMILES string of the molecule is CCc1cccc(C)c1NC(=O)c1ccc(NCc2ccc3c(c2)OCO3)nc1. The Hall–Kier alpha value is -3.54. The number of aryl methyl sites for hydroxylation is 2. The maximum atomic E-state index is 12.6. The fraction of sp³-hybridized carbons (Fsp3) is 0.217. The van der Waals surface area contributed by atoms with Gasteiger partial charge in [-0.05, 0) is 54.3 Å². The Labute approximate surface area is 169 Å². The topological polar surface area (TPSA) is 72.5 Å². The van der Waals surface area contributed by atoms with E-state index in [1.165, 1.54) is 0 Å². The minimum Gasteiger partial charge on any atom is -0.454 e. The van der Waals surface area contributed by atoms with E-state index in [0.29, 0.717) is 17.9 Å². The molecule has 1 aliphatic rings. The second-order valence-corrected chi connectivity index (χ2v) is 6.89. The molecule has 0 atom stereocenters. The zero-order chi connectivity index (χ0) is 20.2. The number of fused-ring (bicyclic) bond motifs is 1. The molecule has 2 aromatic carbocycles. The standard InChI is InChI=1S/C23H23N3O3/c1-3-17-6-4-5-15(2)22(17)26-23(27)18-8-10-21(25-13-18)24-12-16-7-9-19-20(11-16)29-14-28-19/h4-11,13H,3,12,14H2,1-2H3,(H,24,25)(H,26,27). The zero-order valence-corrected chi connectivity index (χ0v) is 16.5. The van der Waals surface area contributed by atoms with Crippen molar-refractivity contribution < 1.29 is 14.3 Å². The highest BCUT2D eigenvalue weighted by Gasteiger charge is 2.14. The molecule has 0 saturated carbocycles. The van der Waals surface area contributed by atoms with Gasteiger partial charge in [0.05, 0.1) is 5.56 Å². The van der Waals surface area contributed by atoms with Crippen LogP contribution in [-0.2, 0) is 13.0 Å². The van der Waals surface area contributed by atoms with Gasteiger partial charge in [-0.15, -0.1) is 0 Å².